The number of aryl methyl sites for hydroxylation is 1. The van der Waals surface area contributed by atoms with Gasteiger partial charge in [-0.1, -0.05) is 78.4 Å². The number of hydrogen-bond acceptors (Lipinski definition) is 2. The Bertz CT molecular complexity index is 838. The maximum Gasteiger partial charge on any atom is 0.238 e. The van der Waals surface area contributed by atoms with Crippen molar-refractivity contribution in [3.05, 3.63) is 102 Å². The highest BCUT2D eigenvalue weighted by Gasteiger charge is 2.23. The largest absolute Gasteiger partial charge is 0.332 e. The fourth-order valence-electron chi connectivity index (χ4n) is 2.77. The highest BCUT2D eigenvalue weighted by molar-refractivity contribution is 7.80. The molecule has 0 aliphatic heterocycles. The van der Waals surface area contributed by atoms with Gasteiger partial charge in [0.15, 0.2) is 5.11 Å². The molecule has 0 atom stereocenters. The number of benzene rings is 3. The van der Waals surface area contributed by atoms with Gasteiger partial charge in [-0.15, -0.1) is 0 Å². The molecule has 0 fully saturated rings. The Balaban J connectivity index is 1.77. The van der Waals surface area contributed by atoms with E-state index < -0.39 is 5.92 Å². The highest BCUT2D eigenvalue weighted by atomic mass is 32.1. The quantitative estimate of drug-likeness (QED) is 0.666. The van der Waals surface area contributed by atoms with Crippen molar-refractivity contribution in [1.29, 1.82) is 0 Å². The Hall–Kier alpha value is -2.98. The lowest BCUT2D eigenvalue weighted by atomic mass is 9.90. The van der Waals surface area contributed by atoms with Crippen LogP contribution in [0.5, 0.6) is 0 Å². The Labute approximate surface area is 159 Å². The molecule has 0 unspecified atom stereocenters. The topological polar surface area (TPSA) is 41.1 Å². The first-order valence-corrected chi connectivity index (χ1v) is 8.83. The van der Waals surface area contributed by atoms with E-state index in [1.807, 2.05) is 91.9 Å². The van der Waals surface area contributed by atoms with Gasteiger partial charge in [-0.05, 0) is 42.4 Å². The summed E-state index contributed by atoms with van der Waals surface area (Å²) in [5.41, 5.74) is 3.86. The van der Waals surface area contributed by atoms with Crippen LogP contribution in [-0.2, 0) is 4.79 Å². The molecule has 3 aromatic carbocycles. The molecule has 3 nitrogen and oxygen atoms in total. The lowest BCUT2D eigenvalue weighted by Gasteiger charge is -2.18. The number of nitrogens with one attached hydrogen (secondary N) is 2. The molecule has 0 spiro atoms. The highest BCUT2D eigenvalue weighted by Crippen LogP contribution is 2.24. The summed E-state index contributed by atoms with van der Waals surface area (Å²) < 4.78 is 0. The van der Waals surface area contributed by atoms with Crippen molar-refractivity contribution in [3.63, 3.8) is 0 Å². The summed E-state index contributed by atoms with van der Waals surface area (Å²) >= 11 is 5.32. The molecular weight excluding hydrogens is 340 g/mol. The van der Waals surface area contributed by atoms with E-state index in [0.29, 0.717) is 0 Å². The lowest BCUT2D eigenvalue weighted by Crippen LogP contribution is -2.37. The molecule has 1 amide bonds. The molecule has 0 heterocycles. The second kappa shape index (κ2) is 8.41. The number of hydrogen-bond donors (Lipinski definition) is 2. The number of rotatable bonds is 4. The zero-order chi connectivity index (χ0) is 18.4. The van der Waals surface area contributed by atoms with E-state index >= 15 is 0 Å². The average molecular weight is 360 g/mol. The first-order chi connectivity index (χ1) is 12.6. The minimum atomic E-state index is -0.421. The minimum absolute atomic E-state index is 0.160. The maximum atomic E-state index is 13.0. The fourth-order valence-corrected chi connectivity index (χ4v) is 2.99. The normalized spacial score (nSPS) is 10.4. The predicted molar refractivity (Wildman–Crippen MR) is 110 cm³/mol. The van der Waals surface area contributed by atoms with Crippen LogP contribution in [0.3, 0.4) is 0 Å². The molecule has 2 N–H and O–H groups in total. The second-order valence-electron chi connectivity index (χ2n) is 6.06. The van der Waals surface area contributed by atoms with Crippen LogP contribution in [-0.4, -0.2) is 11.0 Å². The van der Waals surface area contributed by atoms with Crippen LogP contribution in [0, 0.1) is 6.92 Å². The zero-order valence-electron chi connectivity index (χ0n) is 14.5. The van der Waals surface area contributed by atoms with Crippen LogP contribution < -0.4 is 10.6 Å². The molecule has 26 heavy (non-hydrogen) atoms. The number of amides is 1. The van der Waals surface area contributed by atoms with Crippen LogP contribution in [0.25, 0.3) is 0 Å². The molecule has 130 valence electrons. The van der Waals surface area contributed by atoms with Gasteiger partial charge in [0, 0.05) is 5.69 Å². The lowest BCUT2D eigenvalue weighted by molar-refractivity contribution is -0.120. The van der Waals surface area contributed by atoms with Crippen molar-refractivity contribution in [3.8, 4) is 0 Å². The Morgan fingerprint density at radius 3 is 1.81 bits per heavy atom. The summed E-state index contributed by atoms with van der Waals surface area (Å²) in [6, 6.07) is 27.3. The summed E-state index contributed by atoms with van der Waals surface area (Å²) in [4.78, 5) is 13.0. The molecule has 3 rings (SSSR count). The summed E-state index contributed by atoms with van der Waals surface area (Å²) in [5.74, 6) is -0.581. The van der Waals surface area contributed by atoms with Gasteiger partial charge >= 0.3 is 0 Å². The molecule has 4 heteroatoms. The minimum Gasteiger partial charge on any atom is -0.332 e. The van der Waals surface area contributed by atoms with E-state index in [9.17, 15) is 4.79 Å². The number of carbonyl (C=O) groups is 1. The molecule has 0 aliphatic carbocycles. The first kappa shape index (κ1) is 17.8. The van der Waals surface area contributed by atoms with Crippen LogP contribution >= 0.6 is 12.2 Å². The molecule has 0 radical (unpaired) electrons. The summed E-state index contributed by atoms with van der Waals surface area (Å²) in [7, 11) is 0. The summed E-state index contributed by atoms with van der Waals surface area (Å²) in [6.07, 6.45) is 0. The van der Waals surface area contributed by atoms with Gasteiger partial charge in [0.2, 0.25) is 5.91 Å². The average Bonchev–Trinajstić information content (AvgIpc) is 2.65. The van der Waals surface area contributed by atoms with Gasteiger partial charge in [0.1, 0.15) is 0 Å². The number of carbonyl (C=O) groups excluding carboxylic acids is 1. The monoisotopic (exact) mass is 360 g/mol. The third-order valence-corrected chi connectivity index (χ3v) is 4.28. The maximum absolute atomic E-state index is 13.0. The standard InChI is InChI=1S/C22H20N2OS/c1-16-12-14-19(15-13-16)23-22(26)24-21(25)20(17-8-4-2-5-9-17)18-10-6-3-7-11-18/h2-15,20H,1H3,(H2,23,24,25,26). The molecule has 0 aliphatic rings. The van der Waals surface area contributed by atoms with E-state index in [-0.39, 0.29) is 11.0 Å². The number of anilines is 1. The fraction of sp³-hybridized carbons (Fsp3) is 0.0909. The molecule has 0 saturated heterocycles. The van der Waals surface area contributed by atoms with E-state index in [2.05, 4.69) is 10.6 Å². The zero-order valence-corrected chi connectivity index (χ0v) is 15.3. The number of thiocarbonyl (C=S) groups is 1. The van der Waals surface area contributed by atoms with Crippen LogP contribution in [0.1, 0.15) is 22.6 Å². The van der Waals surface area contributed by atoms with Crippen molar-refractivity contribution < 1.29 is 4.79 Å². The van der Waals surface area contributed by atoms with Crippen molar-refractivity contribution in [2.45, 2.75) is 12.8 Å². The van der Waals surface area contributed by atoms with Gasteiger partial charge in [0.05, 0.1) is 5.92 Å². The Kier molecular flexibility index (Phi) is 5.77. The molecular formula is C22H20N2OS. The summed E-state index contributed by atoms with van der Waals surface area (Å²) in [6.45, 7) is 2.02. The van der Waals surface area contributed by atoms with Gasteiger partial charge in [-0.3, -0.25) is 4.79 Å². The Morgan fingerprint density at radius 2 is 1.31 bits per heavy atom. The van der Waals surface area contributed by atoms with Crippen molar-refractivity contribution in [2.24, 2.45) is 0 Å². The van der Waals surface area contributed by atoms with Crippen molar-refractivity contribution in [2.75, 3.05) is 5.32 Å². The molecule has 0 bridgehead atoms. The second-order valence-corrected chi connectivity index (χ2v) is 6.47. The Morgan fingerprint density at radius 1 is 0.808 bits per heavy atom. The van der Waals surface area contributed by atoms with E-state index in [0.717, 1.165) is 16.8 Å². The third-order valence-electron chi connectivity index (χ3n) is 4.07. The molecule has 0 saturated carbocycles. The van der Waals surface area contributed by atoms with Gasteiger partial charge in [0.25, 0.3) is 0 Å². The van der Waals surface area contributed by atoms with Gasteiger partial charge in [-0.25, -0.2) is 0 Å². The van der Waals surface area contributed by atoms with Crippen LogP contribution in [0.2, 0.25) is 0 Å². The smallest absolute Gasteiger partial charge is 0.238 e. The van der Waals surface area contributed by atoms with E-state index in [1.165, 1.54) is 5.56 Å². The first-order valence-electron chi connectivity index (χ1n) is 8.42. The van der Waals surface area contributed by atoms with E-state index in [1.54, 1.807) is 0 Å². The van der Waals surface area contributed by atoms with Gasteiger partial charge in [-0.2, -0.15) is 0 Å². The van der Waals surface area contributed by atoms with Crippen LogP contribution in [0.15, 0.2) is 84.9 Å². The van der Waals surface area contributed by atoms with E-state index in [4.69, 9.17) is 12.2 Å². The van der Waals surface area contributed by atoms with Gasteiger partial charge < -0.3 is 10.6 Å². The third kappa shape index (κ3) is 4.55. The van der Waals surface area contributed by atoms with Crippen LogP contribution in [0.4, 0.5) is 5.69 Å². The molecule has 3 aromatic rings. The summed E-state index contributed by atoms with van der Waals surface area (Å²) in [5, 5.41) is 6.17. The molecule has 0 aromatic heterocycles. The SMILES string of the molecule is Cc1ccc(NC(=S)NC(=O)C(c2ccccc2)c2ccccc2)cc1. The van der Waals surface area contributed by atoms with Crippen molar-refractivity contribution in [1.82, 2.24) is 5.32 Å². The predicted octanol–water partition coefficient (Wildman–Crippen LogP) is 4.64. The van der Waals surface area contributed by atoms with Crippen molar-refractivity contribution >= 4 is 28.9 Å².